The van der Waals surface area contributed by atoms with Crippen molar-refractivity contribution in [1.29, 1.82) is 0 Å². The standard InChI is InChI=1S/C17H29BrN4O7/c1-5-6-10(22-16(28)29-17(2,3)4)14(25)21-11(15(26)27)8-20-13(24)9(18)7-12(19)23/h9-11H,5-8H2,1-4H3,(H2,19,23)(H,20,24)(H,21,25)(H,22,28)(H,26,27)/t9-,10-,11-/m0/s1. The van der Waals surface area contributed by atoms with E-state index in [2.05, 4.69) is 31.9 Å². The van der Waals surface area contributed by atoms with Gasteiger partial charge in [-0.1, -0.05) is 29.3 Å². The van der Waals surface area contributed by atoms with Crippen LogP contribution in [0.2, 0.25) is 0 Å². The average Bonchev–Trinajstić information content (AvgIpc) is 2.54. The average molecular weight is 481 g/mol. The Kier molecular flexibility index (Phi) is 11.2. The van der Waals surface area contributed by atoms with E-state index in [4.69, 9.17) is 10.5 Å². The molecule has 3 atom stereocenters. The van der Waals surface area contributed by atoms with Gasteiger partial charge in [0.25, 0.3) is 0 Å². The van der Waals surface area contributed by atoms with Gasteiger partial charge in [0.1, 0.15) is 22.5 Å². The van der Waals surface area contributed by atoms with Crippen LogP contribution in [0.25, 0.3) is 0 Å². The summed E-state index contributed by atoms with van der Waals surface area (Å²) >= 11 is 2.97. The summed E-state index contributed by atoms with van der Waals surface area (Å²) in [5.41, 5.74) is 4.23. The maximum Gasteiger partial charge on any atom is 0.408 e. The van der Waals surface area contributed by atoms with Crippen LogP contribution in [-0.4, -0.2) is 63.9 Å². The van der Waals surface area contributed by atoms with Gasteiger partial charge in [0, 0.05) is 13.0 Å². The quantitative estimate of drug-likeness (QED) is 0.258. The van der Waals surface area contributed by atoms with Gasteiger partial charge in [0.15, 0.2) is 0 Å². The van der Waals surface area contributed by atoms with E-state index in [-0.39, 0.29) is 12.8 Å². The number of hydrogen-bond acceptors (Lipinski definition) is 6. The maximum absolute atomic E-state index is 12.4. The van der Waals surface area contributed by atoms with Crippen LogP contribution in [0.4, 0.5) is 4.79 Å². The number of carbonyl (C=O) groups is 5. The number of amides is 4. The highest BCUT2D eigenvalue weighted by atomic mass is 79.9. The molecular weight excluding hydrogens is 452 g/mol. The number of ether oxygens (including phenoxy) is 1. The van der Waals surface area contributed by atoms with Crippen LogP contribution in [0, 0.1) is 0 Å². The monoisotopic (exact) mass is 480 g/mol. The molecule has 0 aromatic heterocycles. The van der Waals surface area contributed by atoms with Crippen LogP contribution in [0.3, 0.4) is 0 Å². The number of rotatable bonds is 11. The first kappa shape index (κ1) is 26.6. The Morgan fingerprint density at radius 3 is 2.10 bits per heavy atom. The van der Waals surface area contributed by atoms with E-state index in [0.29, 0.717) is 6.42 Å². The van der Waals surface area contributed by atoms with Crippen LogP contribution in [0.15, 0.2) is 0 Å². The van der Waals surface area contributed by atoms with E-state index in [1.807, 2.05) is 0 Å². The number of hydrogen-bond donors (Lipinski definition) is 5. The lowest BCUT2D eigenvalue weighted by Crippen LogP contribution is -2.55. The Balaban J connectivity index is 4.93. The third-order valence-corrected chi connectivity index (χ3v) is 4.08. The van der Waals surface area contributed by atoms with Gasteiger partial charge >= 0.3 is 12.1 Å². The number of alkyl carbamates (subject to hydrolysis) is 1. The zero-order chi connectivity index (χ0) is 22.8. The van der Waals surface area contributed by atoms with Crippen molar-refractivity contribution < 1.29 is 33.8 Å². The summed E-state index contributed by atoms with van der Waals surface area (Å²) in [6, 6.07) is -2.45. The molecule has 0 aliphatic rings. The first-order valence-corrected chi connectivity index (χ1v) is 9.91. The molecule has 0 saturated heterocycles. The fraction of sp³-hybridized carbons (Fsp3) is 0.706. The Morgan fingerprint density at radius 1 is 1.07 bits per heavy atom. The lowest BCUT2D eigenvalue weighted by atomic mass is 10.1. The molecule has 29 heavy (non-hydrogen) atoms. The van der Waals surface area contributed by atoms with Gasteiger partial charge in [0.2, 0.25) is 17.7 Å². The van der Waals surface area contributed by atoms with Crippen molar-refractivity contribution in [2.45, 2.75) is 69.5 Å². The first-order chi connectivity index (χ1) is 13.3. The van der Waals surface area contributed by atoms with Crippen LogP contribution < -0.4 is 21.7 Å². The molecular formula is C17H29BrN4O7. The number of aliphatic carboxylic acids is 1. The molecule has 0 aliphatic heterocycles. The molecule has 0 heterocycles. The topological polar surface area (TPSA) is 177 Å². The number of nitrogens with two attached hydrogens (primary N) is 1. The molecule has 0 bridgehead atoms. The normalized spacial score (nSPS) is 14.1. The Hall–Kier alpha value is -2.37. The predicted molar refractivity (Wildman–Crippen MR) is 107 cm³/mol. The highest BCUT2D eigenvalue weighted by Crippen LogP contribution is 2.08. The lowest BCUT2D eigenvalue weighted by Gasteiger charge is -2.24. The minimum Gasteiger partial charge on any atom is -0.480 e. The van der Waals surface area contributed by atoms with Crippen LogP contribution in [0.5, 0.6) is 0 Å². The van der Waals surface area contributed by atoms with Crippen LogP contribution in [-0.2, 0) is 23.9 Å². The fourth-order valence-electron chi connectivity index (χ4n) is 2.06. The number of carboxylic acids is 1. The van der Waals surface area contributed by atoms with Crippen molar-refractivity contribution in [1.82, 2.24) is 16.0 Å². The molecule has 12 heteroatoms. The second-order valence-corrected chi connectivity index (χ2v) is 8.38. The van der Waals surface area contributed by atoms with Gasteiger partial charge in [-0.25, -0.2) is 9.59 Å². The molecule has 166 valence electrons. The smallest absolute Gasteiger partial charge is 0.408 e. The van der Waals surface area contributed by atoms with Crippen molar-refractivity contribution in [3.05, 3.63) is 0 Å². The van der Waals surface area contributed by atoms with Crippen molar-refractivity contribution >= 4 is 45.7 Å². The number of nitrogens with one attached hydrogen (secondary N) is 3. The Morgan fingerprint density at radius 2 is 1.66 bits per heavy atom. The highest BCUT2D eigenvalue weighted by molar-refractivity contribution is 9.10. The Bertz CT molecular complexity index is 621. The predicted octanol–water partition coefficient (Wildman–Crippen LogP) is 0.00430. The Labute approximate surface area is 177 Å². The molecule has 0 unspecified atom stereocenters. The lowest BCUT2D eigenvalue weighted by molar-refractivity contribution is -0.142. The fourth-order valence-corrected chi connectivity index (χ4v) is 2.54. The van der Waals surface area contributed by atoms with E-state index in [1.54, 1.807) is 27.7 Å². The zero-order valence-electron chi connectivity index (χ0n) is 16.9. The molecule has 0 fully saturated rings. The van der Waals surface area contributed by atoms with Gasteiger partial charge in [0.05, 0.1) is 0 Å². The zero-order valence-corrected chi connectivity index (χ0v) is 18.5. The summed E-state index contributed by atoms with van der Waals surface area (Å²) in [4.78, 5) is 57.6. The summed E-state index contributed by atoms with van der Waals surface area (Å²) in [5, 5.41) is 16.3. The van der Waals surface area contributed by atoms with Gasteiger partial charge in [-0.15, -0.1) is 0 Å². The summed E-state index contributed by atoms with van der Waals surface area (Å²) in [6.07, 6.45) is -0.277. The van der Waals surface area contributed by atoms with E-state index in [1.165, 1.54) is 0 Å². The van der Waals surface area contributed by atoms with Crippen molar-refractivity contribution in [2.24, 2.45) is 5.73 Å². The van der Waals surface area contributed by atoms with Crippen molar-refractivity contribution in [3.63, 3.8) is 0 Å². The summed E-state index contributed by atoms with van der Waals surface area (Å²) < 4.78 is 5.11. The maximum atomic E-state index is 12.4. The van der Waals surface area contributed by atoms with Crippen LogP contribution in [0.1, 0.15) is 47.0 Å². The van der Waals surface area contributed by atoms with Gasteiger partial charge in [-0.3, -0.25) is 14.4 Å². The van der Waals surface area contributed by atoms with Gasteiger partial charge in [-0.2, -0.15) is 0 Å². The summed E-state index contributed by atoms with van der Waals surface area (Å²) in [7, 11) is 0. The molecule has 6 N–H and O–H groups in total. The van der Waals surface area contributed by atoms with E-state index >= 15 is 0 Å². The van der Waals surface area contributed by atoms with Crippen molar-refractivity contribution in [2.75, 3.05) is 6.54 Å². The summed E-state index contributed by atoms with van der Waals surface area (Å²) in [5.74, 6) is -3.47. The first-order valence-electron chi connectivity index (χ1n) is 8.99. The minimum atomic E-state index is -1.44. The molecule has 4 amide bonds. The minimum absolute atomic E-state index is 0.256. The molecule has 0 rings (SSSR count). The number of alkyl halides is 1. The molecule has 0 aliphatic carbocycles. The van der Waals surface area contributed by atoms with Crippen molar-refractivity contribution in [3.8, 4) is 0 Å². The third kappa shape index (κ3) is 11.9. The molecule has 0 aromatic rings. The molecule has 0 saturated carbocycles. The second kappa shape index (κ2) is 12.2. The second-order valence-electron chi connectivity index (χ2n) is 7.27. The van der Waals surface area contributed by atoms with Gasteiger partial charge < -0.3 is 31.5 Å². The highest BCUT2D eigenvalue weighted by Gasteiger charge is 2.28. The molecule has 0 aromatic carbocycles. The van der Waals surface area contributed by atoms with E-state index in [0.717, 1.165) is 0 Å². The van der Waals surface area contributed by atoms with E-state index in [9.17, 15) is 29.1 Å². The number of primary amides is 1. The molecule has 0 spiro atoms. The summed E-state index contributed by atoms with van der Waals surface area (Å²) in [6.45, 7) is 6.37. The van der Waals surface area contributed by atoms with E-state index < -0.39 is 58.8 Å². The number of carboxylic acid groups (broad SMARTS) is 1. The SMILES string of the molecule is CCC[C@H](NC(=O)OC(C)(C)C)C(=O)N[C@@H](CNC(=O)[C@@H](Br)CC(N)=O)C(=O)O. The van der Waals surface area contributed by atoms with Gasteiger partial charge in [-0.05, 0) is 27.2 Å². The molecule has 0 radical (unpaired) electrons. The third-order valence-electron chi connectivity index (χ3n) is 3.34. The molecule has 11 nitrogen and oxygen atoms in total. The van der Waals surface area contributed by atoms with Crippen LogP contribution >= 0.6 is 15.9 Å². The number of halogens is 1. The largest absolute Gasteiger partial charge is 0.480 e. The number of carbonyl (C=O) groups excluding carboxylic acids is 4.